The van der Waals surface area contributed by atoms with Crippen LogP contribution in [0.1, 0.15) is 6.92 Å². The van der Waals surface area contributed by atoms with Crippen molar-refractivity contribution in [2.24, 2.45) is 0 Å². The molecule has 7 nitrogen and oxygen atoms in total. The number of amides is 1. The molecule has 0 spiro atoms. The molecule has 1 aromatic carbocycles. The smallest absolute Gasteiger partial charge is 0.406 e. The van der Waals surface area contributed by atoms with Gasteiger partial charge in [0.15, 0.2) is 5.16 Å². The maximum atomic E-state index is 12.1. The van der Waals surface area contributed by atoms with Gasteiger partial charge in [0.05, 0.1) is 5.25 Å². The molecule has 0 fully saturated rings. The zero-order valence-corrected chi connectivity index (χ0v) is 13.7. The Bertz CT molecular complexity index is 735. The molecule has 1 amide bonds. The molecule has 5 N–H and O–H groups in total. The lowest BCUT2D eigenvalue weighted by Crippen LogP contribution is -2.23. The maximum Gasteiger partial charge on any atom is 0.573 e. The lowest BCUT2D eigenvalue weighted by molar-refractivity contribution is -0.274. The molecule has 2 aromatic rings. The van der Waals surface area contributed by atoms with Gasteiger partial charge in [-0.25, -0.2) is 9.97 Å². The predicted octanol–water partition coefficient (Wildman–Crippen LogP) is 2.66. The quantitative estimate of drug-likeness (QED) is 0.545. The summed E-state index contributed by atoms with van der Waals surface area (Å²) in [5.74, 6) is -0.402. The number of rotatable bonds is 5. The summed E-state index contributed by atoms with van der Waals surface area (Å²) in [5.41, 5.74) is 11.4. The number of aromatic nitrogens is 2. The standard InChI is InChI=1S/C14H14F3N5O2S/c1-7(25-13-21-10(18)6-11(19)22-13)12(23)20-8-2-4-9(5-3-8)24-14(15,16)17/h2-7H,1H3,(H,20,23)(H4,18,19,21,22)/t7-/m0/s1. The van der Waals surface area contributed by atoms with E-state index in [2.05, 4.69) is 20.0 Å². The first kappa shape index (κ1) is 18.6. The third-order valence-corrected chi connectivity index (χ3v) is 3.71. The van der Waals surface area contributed by atoms with Gasteiger partial charge in [-0.05, 0) is 31.2 Å². The molecular weight excluding hydrogens is 359 g/mol. The zero-order chi connectivity index (χ0) is 18.6. The van der Waals surface area contributed by atoms with Gasteiger partial charge in [-0.2, -0.15) is 0 Å². The van der Waals surface area contributed by atoms with Crippen molar-refractivity contribution in [3.63, 3.8) is 0 Å². The van der Waals surface area contributed by atoms with Gasteiger partial charge in [0.2, 0.25) is 5.91 Å². The van der Waals surface area contributed by atoms with Crippen LogP contribution in [-0.2, 0) is 4.79 Å². The lowest BCUT2D eigenvalue weighted by Gasteiger charge is -2.12. The van der Waals surface area contributed by atoms with Crippen LogP contribution < -0.4 is 21.5 Å². The molecule has 2 rings (SSSR count). The predicted molar refractivity (Wildman–Crippen MR) is 87.9 cm³/mol. The number of nitrogen functional groups attached to an aromatic ring is 2. The van der Waals surface area contributed by atoms with Crippen LogP contribution in [-0.4, -0.2) is 27.5 Å². The second-order valence-electron chi connectivity index (χ2n) is 4.82. The number of nitrogens with zero attached hydrogens (tertiary/aromatic N) is 2. The zero-order valence-electron chi connectivity index (χ0n) is 12.9. The third kappa shape index (κ3) is 6.03. The van der Waals surface area contributed by atoms with Crippen LogP contribution in [0.15, 0.2) is 35.5 Å². The number of carbonyl (C=O) groups excluding carboxylic acids is 1. The van der Waals surface area contributed by atoms with Gasteiger partial charge in [0, 0.05) is 11.8 Å². The van der Waals surface area contributed by atoms with Crippen molar-refractivity contribution in [3.8, 4) is 5.75 Å². The Labute approximate surface area is 145 Å². The molecule has 0 aliphatic rings. The van der Waals surface area contributed by atoms with Gasteiger partial charge >= 0.3 is 6.36 Å². The van der Waals surface area contributed by atoms with E-state index in [4.69, 9.17) is 11.5 Å². The number of ether oxygens (including phenoxy) is 1. The van der Waals surface area contributed by atoms with E-state index < -0.39 is 11.6 Å². The van der Waals surface area contributed by atoms with Crippen molar-refractivity contribution >= 4 is 35.0 Å². The fourth-order valence-electron chi connectivity index (χ4n) is 1.71. The SMILES string of the molecule is C[C@H](Sc1nc(N)cc(N)n1)C(=O)Nc1ccc(OC(F)(F)F)cc1. The summed E-state index contributed by atoms with van der Waals surface area (Å²) in [6.45, 7) is 1.61. The minimum atomic E-state index is -4.77. The summed E-state index contributed by atoms with van der Waals surface area (Å²) >= 11 is 1.04. The van der Waals surface area contributed by atoms with Crippen LogP contribution in [0.5, 0.6) is 5.75 Å². The van der Waals surface area contributed by atoms with E-state index in [9.17, 15) is 18.0 Å². The largest absolute Gasteiger partial charge is 0.573 e. The van der Waals surface area contributed by atoms with E-state index >= 15 is 0 Å². The van der Waals surface area contributed by atoms with E-state index in [1.165, 1.54) is 18.2 Å². The van der Waals surface area contributed by atoms with Crippen molar-refractivity contribution in [1.82, 2.24) is 9.97 Å². The number of nitrogens with one attached hydrogen (secondary N) is 1. The second kappa shape index (κ2) is 7.47. The van der Waals surface area contributed by atoms with Gasteiger partial charge in [-0.1, -0.05) is 11.8 Å². The van der Waals surface area contributed by atoms with E-state index in [0.717, 1.165) is 23.9 Å². The monoisotopic (exact) mass is 373 g/mol. The number of anilines is 3. The highest BCUT2D eigenvalue weighted by atomic mass is 32.2. The molecule has 0 saturated heterocycles. The van der Waals surface area contributed by atoms with Crippen molar-refractivity contribution in [3.05, 3.63) is 30.3 Å². The number of alkyl halides is 3. The summed E-state index contributed by atoms with van der Waals surface area (Å²) < 4.78 is 40.0. The van der Waals surface area contributed by atoms with Crippen LogP contribution in [0, 0.1) is 0 Å². The Hall–Kier alpha value is -2.69. The second-order valence-corrected chi connectivity index (χ2v) is 6.13. The fourth-order valence-corrected chi connectivity index (χ4v) is 2.51. The Morgan fingerprint density at radius 2 is 1.76 bits per heavy atom. The summed E-state index contributed by atoms with van der Waals surface area (Å²) in [6, 6.07) is 6.18. The molecule has 11 heteroatoms. The molecule has 0 unspecified atom stereocenters. The number of thioether (sulfide) groups is 1. The number of benzene rings is 1. The first-order chi connectivity index (χ1) is 11.6. The Morgan fingerprint density at radius 1 is 1.20 bits per heavy atom. The highest BCUT2D eigenvalue weighted by Crippen LogP contribution is 2.25. The molecule has 0 bridgehead atoms. The van der Waals surface area contributed by atoms with Crippen LogP contribution in [0.2, 0.25) is 0 Å². The number of halogens is 3. The molecule has 0 saturated carbocycles. The first-order valence-electron chi connectivity index (χ1n) is 6.86. The van der Waals surface area contributed by atoms with E-state index in [1.54, 1.807) is 6.92 Å². The maximum absolute atomic E-state index is 12.1. The number of hydrogen-bond donors (Lipinski definition) is 3. The van der Waals surface area contributed by atoms with Crippen LogP contribution in [0.3, 0.4) is 0 Å². The van der Waals surface area contributed by atoms with E-state index in [0.29, 0.717) is 5.69 Å². The van der Waals surface area contributed by atoms with Crippen molar-refractivity contribution in [2.45, 2.75) is 23.7 Å². The normalized spacial score (nSPS) is 12.5. The Kier molecular flexibility index (Phi) is 5.57. The molecule has 25 heavy (non-hydrogen) atoms. The molecule has 1 aromatic heterocycles. The molecular formula is C14H14F3N5O2S. The van der Waals surface area contributed by atoms with E-state index in [-0.39, 0.29) is 28.4 Å². The van der Waals surface area contributed by atoms with Gasteiger partial charge in [-0.15, -0.1) is 13.2 Å². The molecule has 0 radical (unpaired) electrons. The van der Waals surface area contributed by atoms with Crippen LogP contribution in [0.25, 0.3) is 0 Å². The Morgan fingerprint density at radius 3 is 2.28 bits per heavy atom. The number of carbonyl (C=O) groups is 1. The third-order valence-electron chi connectivity index (χ3n) is 2.75. The van der Waals surface area contributed by atoms with Crippen molar-refractivity contribution < 1.29 is 22.7 Å². The molecule has 1 heterocycles. The minimum absolute atomic E-state index is 0.183. The first-order valence-corrected chi connectivity index (χ1v) is 7.74. The summed E-state index contributed by atoms with van der Waals surface area (Å²) in [6.07, 6.45) is -4.77. The molecule has 134 valence electrons. The van der Waals surface area contributed by atoms with Crippen molar-refractivity contribution in [1.29, 1.82) is 0 Å². The highest BCUT2D eigenvalue weighted by Gasteiger charge is 2.31. The number of nitrogens with two attached hydrogens (primary N) is 2. The van der Waals surface area contributed by atoms with Gasteiger partial charge < -0.3 is 21.5 Å². The minimum Gasteiger partial charge on any atom is -0.406 e. The number of hydrogen-bond acceptors (Lipinski definition) is 7. The average molecular weight is 373 g/mol. The van der Waals surface area contributed by atoms with Gasteiger partial charge in [0.1, 0.15) is 17.4 Å². The fraction of sp³-hybridized carbons (Fsp3) is 0.214. The topological polar surface area (TPSA) is 116 Å². The average Bonchev–Trinajstić information content (AvgIpc) is 2.46. The van der Waals surface area contributed by atoms with Gasteiger partial charge in [0.25, 0.3) is 0 Å². The Balaban J connectivity index is 1.96. The van der Waals surface area contributed by atoms with Crippen LogP contribution in [0.4, 0.5) is 30.5 Å². The lowest BCUT2D eigenvalue weighted by atomic mass is 10.3. The summed E-state index contributed by atoms with van der Waals surface area (Å²) in [5, 5.41) is 2.22. The summed E-state index contributed by atoms with van der Waals surface area (Å²) in [7, 11) is 0. The molecule has 0 aliphatic heterocycles. The van der Waals surface area contributed by atoms with Crippen molar-refractivity contribution in [2.75, 3.05) is 16.8 Å². The van der Waals surface area contributed by atoms with Crippen LogP contribution >= 0.6 is 11.8 Å². The molecule has 1 atom stereocenters. The molecule has 0 aliphatic carbocycles. The van der Waals surface area contributed by atoms with E-state index in [1.807, 2.05) is 0 Å². The summed E-state index contributed by atoms with van der Waals surface area (Å²) in [4.78, 5) is 20.1. The highest BCUT2D eigenvalue weighted by molar-refractivity contribution is 8.00. The van der Waals surface area contributed by atoms with Gasteiger partial charge in [-0.3, -0.25) is 4.79 Å².